The van der Waals surface area contributed by atoms with Crippen molar-refractivity contribution in [2.45, 2.75) is 32.6 Å². The first-order valence-electron chi connectivity index (χ1n) is 4.83. The van der Waals surface area contributed by atoms with Crippen molar-refractivity contribution in [3.05, 3.63) is 11.6 Å². The van der Waals surface area contributed by atoms with E-state index >= 15 is 0 Å². The van der Waals surface area contributed by atoms with Crippen LogP contribution < -0.4 is 0 Å². The van der Waals surface area contributed by atoms with Crippen LogP contribution in [0.1, 0.15) is 25.0 Å². The van der Waals surface area contributed by atoms with Crippen molar-refractivity contribution in [2.24, 2.45) is 0 Å². The van der Waals surface area contributed by atoms with E-state index in [0.717, 1.165) is 24.6 Å². The lowest BCUT2D eigenvalue weighted by Crippen LogP contribution is -2.05. The van der Waals surface area contributed by atoms with Gasteiger partial charge >= 0.3 is 5.97 Å². The van der Waals surface area contributed by atoms with Crippen LogP contribution in [0.3, 0.4) is 0 Å². The molecule has 0 bridgehead atoms. The van der Waals surface area contributed by atoms with E-state index in [9.17, 15) is 4.79 Å². The Balaban J connectivity index is 2.56. The van der Waals surface area contributed by atoms with Crippen LogP contribution >= 0.6 is 11.8 Å². The van der Waals surface area contributed by atoms with Gasteiger partial charge in [0.25, 0.3) is 0 Å². The highest BCUT2D eigenvalue weighted by Crippen LogP contribution is 2.11. The number of aromatic nitrogens is 3. The average molecular weight is 229 g/mol. The quantitative estimate of drug-likeness (QED) is 0.796. The van der Waals surface area contributed by atoms with E-state index in [-0.39, 0.29) is 5.75 Å². The summed E-state index contributed by atoms with van der Waals surface area (Å²) in [4.78, 5) is 10.3. The van der Waals surface area contributed by atoms with E-state index in [0.29, 0.717) is 5.75 Å². The Morgan fingerprint density at radius 3 is 2.87 bits per heavy atom. The standard InChI is InChI=1S/C9H15N3O2S/c1-3-4-12-7(2)10-11-8(12)5-15-6-9(13)14/h3-6H2,1-2H3,(H,13,14). The molecule has 0 fully saturated rings. The molecule has 0 amide bonds. The molecular formula is C9H15N3O2S. The SMILES string of the molecule is CCCn1c(C)nnc1CSCC(=O)O. The second-order valence-electron chi connectivity index (χ2n) is 3.20. The third kappa shape index (κ3) is 3.54. The smallest absolute Gasteiger partial charge is 0.313 e. The molecular weight excluding hydrogens is 214 g/mol. The third-order valence-electron chi connectivity index (χ3n) is 1.92. The summed E-state index contributed by atoms with van der Waals surface area (Å²) in [5.74, 6) is 1.67. The maximum atomic E-state index is 10.3. The van der Waals surface area contributed by atoms with Gasteiger partial charge in [-0.1, -0.05) is 6.92 Å². The van der Waals surface area contributed by atoms with E-state index < -0.39 is 5.97 Å². The van der Waals surface area contributed by atoms with E-state index in [4.69, 9.17) is 5.11 Å². The number of aryl methyl sites for hydroxylation is 1. The van der Waals surface area contributed by atoms with Crippen LogP contribution in [-0.2, 0) is 17.1 Å². The Morgan fingerprint density at radius 2 is 2.27 bits per heavy atom. The first-order valence-corrected chi connectivity index (χ1v) is 5.98. The molecule has 1 aromatic rings. The summed E-state index contributed by atoms with van der Waals surface area (Å²) in [6, 6.07) is 0. The minimum Gasteiger partial charge on any atom is -0.481 e. The van der Waals surface area contributed by atoms with Crippen LogP contribution in [0, 0.1) is 6.92 Å². The minimum atomic E-state index is -0.793. The predicted molar refractivity (Wildman–Crippen MR) is 58.8 cm³/mol. The molecule has 0 saturated heterocycles. The summed E-state index contributed by atoms with van der Waals surface area (Å²) in [5, 5.41) is 16.5. The summed E-state index contributed by atoms with van der Waals surface area (Å²) in [6.45, 7) is 4.89. The number of hydrogen-bond donors (Lipinski definition) is 1. The van der Waals surface area contributed by atoms with Crippen molar-refractivity contribution >= 4 is 17.7 Å². The number of carboxylic acid groups (broad SMARTS) is 1. The highest BCUT2D eigenvalue weighted by Gasteiger charge is 2.08. The summed E-state index contributed by atoms with van der Waals surface area (Å²) in [7, 11) is 0. The molecule has 5 nitrogen and oxygen atoms in total. The molecule has 0 aliphatic heterocycles. The van der Waals surface area contributed by atoms with Crippen LogP contribution in [0.15, 0.2) is 0 Å². The fraction of sp³-hybridized carbons (Fsp3) is 0.667. The number of carboxylic acids is 1. The topological polar surface area (TPSA) is 68.0 Å². The number of rotatable bonds is 6. The molecule has 6 heteroatoms. The summed E-state index contributed by atoms with van der Waals surface area (Å²) in [5.41, 5.74) is 0. The van der Waals surface area contributed by atoms with Gasteiger partial charge in [0.15, 0.2) is 0 Å². The number of thioether (sulfide) groups is 1. The Bertz CT molecular complexity index is 338. The molecule has 1 rings (SSSR count). The van der Waals surface area contributed by atoms with Crippen molar-refractivity contribution in [1.82, 2.24) is 14.8 Å². The first-order chi connectivity index (χ1) is 7.15. The van der Waals surface area contributed by atoms with Crippen LogP contribution in [0.4, 0.5) is 0 Å². The largest absolute Gasteiger partial charge is 0.481 e. The molecule has 0 aliphatic carbocycles. The van der Waals surface area contributed by atoms with Crippen molar-refractivity contribution < 1.29 is 9.90 Å². The number of nitrogens with zero attached hydrogens (tertiary/aromatic N) is 3. The summed E-state index contributed by atoms with van der Waals surface area (Å²) < 4.78 is 2.04. The van der Waals surface area contributed by atoms with Crippen LogP contribution in [0.2, 0.25) is 0 Å². The molecule has 15 heavy (non-hydrogen) atoms. The minimum absolute atomic E-state index is 0.109. The molecule has 0 saturated carbocycles. The normalized spacial score (nSPS) is 10.5. The van der Waals surface area contributed by atoms with Crippen molar-refractivity contribution in [1.29, 1.82) is 0 Å². The van der Waals surface area contributed by atoms with Crippen LogP contribution in [-0.4, -0.2) is 31.6 Å². The van der Waals surface area contributed by atoms with Gasteiger partial charge in [0.05, 0.1) is 11.5 Å². The summed E-state index contributed by atoms with van der Waals surface area (Å²) >= 11 is 1.34. The Kier molecular flexibility index (Phi) is 4.61. The zero-order valence-electron chi connectivity index (χ0n) is 8.93. The van der Waals surface area contributed by atoms with Gasteiger partial charge in [-0.2, -0.15) is 0 Å². The Hall–Kier alpha value is -1.04. The van der Waals surface area contributed by atoms with Crippen molar-refractivity contribution in [2.75, 3.05) is 5.75 Å². The molecule has 0 spiro atoms. The lowest BCUT2D eigenvalue weighted by Gasteiger charge is -2.05. The molecule has 0 aliphatic rings. The van der Waals surface area contributed by atoms with Gasteiger partial charge in [-0.05, 0) is 13.3 Å². The molecule has 1 aromatic heterocycles. The summed E-state index contributed by atoms with van der Waals surface area (Å²) in [6.07, 6.45) is 1.02. The van der Waals surface area contributed by atoms with Crippen molar-refractivity contribution in [3.8, 4) is 0 Å². The number of carbonyl (C=O) groups is 1. The first kappa shape index (κ1) is 12.0. The predicted octanol–water partition coefficient (Wildman–Crippen LogP) is 1.31. The molecule has 0 aromatic carbocycles. The maximum absolute atomic E-state index is 10.3. The molecule has 84 valence electrons. The second kappa shape index (κ2) is 5.75. The molecule has 1 heterocycles. The van der Waals surface area contributed by atoms with E-state index in [1.807, 2.05) is 11.5 Å². The fourth-order valence-corrected chi connectivity index (χ4v) is 1.95. The van der Waals surface area contributed by atoms with Crippen LogP contribution in [0.5, 0.6) is 0 Å². The van der Waals surface area contributed by atoms with Crippen molar-refractivity contribution in [3.63, 3.8) is 0 Å². The molecule has 1 N–H and O–H groups in total. The maximum Gasteiger partial charge on any atom is 0.313 e. The van der Waals surface area contributed by atoms with E-state index in [2.05, 4.69) is 17.1 Å². The monoisotopic (exact) mass is 229 g/mol. The highest BCUT2D eigenvalue weighted by molar-refractivity contribution is 7.99. The second-order valence-corrected chi connectivity index (χ2v) is 4.19. The number of hydrogen-bond acceptors (Lipinski definition) is 4. The Labute approximate surface area is 92.9 Å². The molecule has 0 atom stereocenters. The van der Waals surface area contributed by atoms with Crippen LogP contribution in [0.25, 0.3) is 0 Å². The van der Waals surface area contributed by atoms with E-state index in [1.165, 1.54) is 11.8 Å². The third-order valence-corrected chi connectivity index (χ3v) is 2.83. The van der Waals surface area contributed by atoms with Gasteiger partial charge in [0.2, 0.25) is 0 Å². The molecule has 0 radical (unpaired) electrons. The highest BCUT2D eigenvalue weighted by atomic mass is 32.2. The Morgan fingerprint density at radius 1 is 1.53 bits per heavy atom. The van der Waals surface area contributed by atoms with Gasteiger partial charge in [0.1, 0.15) is 11.6 Å². The molecule has 0 unspecified atom stereocenters. The van der Waals surface area contributed by atoms with Gasteiger partial charge in [-0.25, -0.2) is 0 Å². The lowest BCUT2D eigenvalue weighted by molar-refractivity contribution is -0.133. The zero-order valence-corrected chi connectivity index (χ0v) is 9.75. The fourth-order valence-electron chi connectivity index (χ4n) is 1.28. The lowest BCUT2D eigenvalue weighted by atomic mass is 10.4. The van der Waals surface area contributed by atoms with Gasteiger partial charge in [0, 0.05) is 6.54 Å². The van der Waals surface area contributed by atoms with E-state index in [1.54, 1.807) is 0 Å². The number of aliphatic carboxylic acids is 1. The zero-order chi connectivity index (χ0) is 11.3. The van der Waals surface area contributed by atoms with Gasteiger partial charge in [-0.3, -0.25) is 4.79 Å². The average Bonchev–Trinajstić information content (AvgIpc) is 2.50. The van der Waals surface area contributed by atoms with Gasteiger partial charge < -0.3 is 9.67 Å². The van der Waals surface area contributed by atoms with Gasteiger partial charge in [-0.15, -0.1) is 22.0 Å².